The maximum atomic E-state index is 13.6. The van der Waals surface area contributed by atoms with Gasteiger partial charge in [-0.15, -0.1) is 0 Å². The predicted molar refractivity (Wildman–Crippen MR) is 70.6 cm³/mol. The minimum atomic E-state index is -4.25. The molecule has 116 valence electrons. The van der Waals surface area contributed by atoms with Crippen molar-refractivity contribution in [2.75, 3.05) is 13.2 Å². The highest BCUT2D eigenvalue weighted by Gasteiger charge is 2.22. The summed E-state index contributed by atoms with van der Waals surface area (Å²) in [5.74, 6) is -3.35. The lowest BCUT2D eigenvalue weighted by Crippen LogP contribution is -2.30. The molecule has 1 N–H and O–H groups in total. The topological polar surface area (TPSA) is 72.5 Å². The molecule has 1 amide bonds. The van der Waals surface area contributed by atoms with Crippen LogP contribution < -0.4 is 10.1 Å². The lowest BCUT2D eigenvalue weighted by molar-refractivity contribution is -0.123. The van der Waals surface area contributed by atoms with E-state index in [1.54, 1.807) is 0 Å². The number of halogens is 3. The average molecular weight is 340 g/mol. The van der Waals surface area contributed by atoms with Crippen molar-refractivity contribution in [3.05, 3.63) is 23.8 Å². The van der Waals surface area contributed by atoms with Crippen LogP contribution in [0, 0.1) is 17.6 Å². The third kappa shape index (κ3) is 4.53. The van der Waals surface area contributed by atoms with E-state index in [0.29, 0.717) is 24.6 Å². The highest BCUT2D eigenvalue weighted by Crippen LogP contribution is 2.28. The van der Waals surface area contributed by atoms with E-state index in [1.807, 2.05) is 0 Å². The molecule has 21 heavy (non-hydrogen) atoms. The molecule has 0 radical (unpaired) electrons. The molecule has 5 nitrogen and oxygen atoms in total. The van der Waals surface area contributed by atoms with Gasteiger partial charge in [-0.1, -0.05) is 0 Å². The van der Waals surface area contributed by atoms with Crippen LogP contribution in [-0.2, 0) is 13.8 Å². The van der Waals surface area contributed by atoms with Crippen molar-refractivity contribution in [2.24, 2.45) is 5.92 Å². The molecular formula is C12H12ClF2NO4S. The zero-order valence-corrected chi connectivity index (χ0v) is 12.3. The number of benzene rings is 1. The summed E-state index contributed by atoms with van der Waals surface area (Å²) >= 11 is 0. The number of carbonyl (C=O) groups excluding carboxylic acids is 1. The zero-order valence-electron chi connectivity index (χ0n) is 10.7. The highest BCUT2D eigenvalue weighted by molar-refractivity contribution is 8.13. The van der Waals surface area contributed by atoms with E-state index in [1.165, 1.54) is 0 Å². The fourth-order valence-corrected chi connectivity index (χ4v) is 2.34. The third-order valence-corrected chi connectivity index (χ3v) is 4.22. The van der Waals surface area contributed by atoms with E-state index in [9.17, 15) is 22.0 Å². The number of nitrogens with one attached hydrogen (secondary N) is 1. The number of hydrogen-bond donors (Lipinski definition) is 1. The number of rotatable bonds is 6. The molecule has 0 heterocycles. The molecule has 0 unspecified atom stereocenters. The van der Waals surface area contributed by atoms with Gasteiger partial charge in [-0.25, -0.2) is 17.2 Å². The third-order valence-electron chi connectivity index (χ3n) is 2.89. The van der Waals surface area contributed by atoms with Gasteiger partial charge >= 0.3 is 0 Å². The molecule has 0 atom stereocenters. The summed E-state index contributed by atoms with van der Waals surface area (Å²) in [6.45, 7) is -0.0515. The molecule has 1 fully saturated rings. The number of ether oxygens (including phenoxy) is 1. The molecule has 1 saturated carbocycles. The Morgan fingerprint density at radius 2 is 1.90 bits per heavy atom. The van der Waals surface area contributed by atoms with E-state index in [4.69, 9.17) is 15.4 Å². The second-order valence-corrected chi connectivity index (χ2v) is 7.26. The predicted octanol–water partition coefficient (Wildman–Crippen LogP) is 1.80. The Morgan fingerprint density at radius 1 is 1.33 bits per heavy atom. The Labute approximate surface area is 124 Å². The Kier molecular flexibility index (Phi) is 4.67. The van der Waals surface area contributed by atoms with Gasteiger partial charge in [0.15, 0.2) is 24.0 Å². The van der Waals surface area contributed by atoms with Crippen LogP contribution in [0.3, 0.4) is 0 Å². The quantitative estimate of drug-likeness (QED) is 0.802. The largest absolute Gasteiger partial charge is 0.478 e. The standard InChI is InChI=1S/C12H12ClF2NO4S/c13-21(18,19)8-3-9(14)12(10(15)4-8)20-6-11(17)16-5-7-1-2-7/h3-4,7H,1-2,5-6H2,(H,16,17). The van der Waals surface area contributed by atoms with Gasteiger partial charge in [-0.3, -0.25) is 4.79 Å². The Bertz CT molecular complexity index is 638. The molecular weight excluding hydrogens is 328 g/mol. The minimum Gasteiger partial charge on any atom is -0.478 e. The van der Waals surface area contributed by atoms with Gasteiger partial charge in [0.25, 0.3) is 15.0 Å². The molecule has 0 aliphatic heterocycles. The van der Waals surface area contributed by atoms with E-state index < -0.39 is 43.8 Å². The van der Waals surface area contributed by atoms with E-state index in [-0.39, 0.29) is 0 Å². The number of amides is 1. The molecule has 0 spiro atoms. The molecule has 9 heteroatoms. The second kappa shape index (κ2) is 6.15. The van der Waals surface area contributed by atoms with Gasteiger partial charge in [0, 0.05) is 17.2 Å². The van der Waals surface area contributed by atoms with Crippen molar-refractivity contribution < 1.29 is 26.7 Å². The fourth-order valence-electron chi connectivity index (χ4n) is 1.58. The van der Waals surface area contributed by atoms with Gasteiger partial charge in [0.1, 0.15) is 0 Å². The van der Waals surface area contributed by atoms with Gasteiger partial charge in [-0.2, -0.15) is 0 Å². The van der Waals surface area contributed by atoms with Crippen molar-refractivity contribution in [3.63, 3.8) is 0 Å². The van der Waals surface area contributed by atoms with Crippen molar-refractivity contribution in [2.45, 2.75) is 17.7 Å². The summed E-state index contributed by atoms with van der Waals surface area (Å²) in [6.07, 6.45) is 2.11. The molecule has 2 rings (SSSR count). The smallest absolute Gasteiger partial charge is 0.261 e. The van der Waals surface area contributed by atoms with Crippen LogP contribution in [0.1, 0.15) is 12.8 Å². The van der Waals surface area contributed by atoms with Gasteiger partial charge in [-0.05, 0) is 30.9 Å². The SMILES string of the molecule is O=C(COc1c(F)cc(S(=O)(=O)Cl)cc1F)NCC1CC1. The maximum absolute atomic E-state index is 13.6. The van der Waals surface area contributed by atoms with E-state index in [2.05, 4.69) is 5.32 Å². The molecule has 1 aliphatic rings. The van der Waals surface area contributed by atoms with Crippen molar-refractivity contribution in [1.82, 2.24) is 5.32 Å². The monoisotopic (exact) mass is 339 g/mol. The first-order valence-electron chi connectivity index (χ1n) is 6.10. The van der Waals surface area contributed by atoms with E-state index >= 15 is 0 Å². The van der Waals surface area contributed by atoms with Crippen molar-refractivity contribution >= 4 is 25.6 Å². The average Bonchev–Trinajstić information content (AvgIpc) is 3.18. The Morgan fingerprint density at radius 3 is 2.38 bits per heavy atom. The van der Waals surface area contributed by atoms with Crippen molar-refractivity contribution in [3.8, 4) is 5.75 Å². The van der Waals surface area contributed by atoms with Crippen LogP contribution in [0.4, 0.5) is 8.78 Å². The van der Waals surface area contributed by atoms with E-state index in [0.717, 1.165) is 12.8 Å². The summed E-state index contributed by atoms with van der Waals surface area (Å²) in [5, 5.41) is 2.56. The number of carbonyl (C=O) groups is 1. The first-order valence-corrected chi connectivity index (χ1v) is 8.41. The summed E-state index contributed by atoms with van der Waals surface area (Å²) in [5.41, 5.74) is 0. The summed E-state index contributed by atoms with van der Waals surface area (Å²) < 4.78 is 53.9. The van der Waals surface area contributed by atoms with Crippen LogP contribution in [0.5, 0.6) is 5.75 Å². The van der Waals surface area contributed by atoms with Gasteiger partial charge in [0.05, 0.1) is 4.90 Å². The highest BCUT2D eigenvalue weighted by atomic mass is 35.7. The Balaban J connectivity index is 2.01. The van der Waals surface area contributed by atoms with Crippen LogP contribution in [0.15, 0.2) is 17.0 Å². The van der Waals surface area contributed by atoms with Crippen LogP contribution in [0.2, 0.25) is 0 Å². The molecule has 0 bridgehead atoms. The number of hydrogen-bond acceptors (Lipinski definition) is 4. The zero-order chi connectivity index (χ0) is 15.6. The van der Waals surface area contributed by atoms with Crippen LogP contribution in [-0.4, -0.2) is 27.5 Å². The Hall–Kier alpha value is -1.41. The molecule has 1 aromatic rings. The minimum absolute atomic E-state index is 0.468. The normalized spacial score (nSPS) is 14.8. The summed E-state index contributed by atoms with van der Waals surface area (Å²) in [6, 6.07) is 1.06. The fraction of sp³-hybridized carbons (Fsp3) is 0.417. The lowest BCUT2D eigenvalue weighted by atomic mass is 10.3. The van der Waals surface area contributed by atoms with Crippen LogP contribution >= 0.6 is 10.7 Å². The second-order valence-electron chi connectivity index (χ2n) is 4.69. The maximum Gasteiger partial charge on any atom is 0.261 e. The summed E-state index contributed by atoms with van der Waals surface area (Å²) in [4.78, 5) is 10.7. The molecule has 0 aromatic heterocycles. The summed E-state index contributed by atoms with van der Waals surface area (Å²) in [7, 11) is 0.743. The van der Waals surface area contributed by atoms with Gasteiger partial charge in [0.2, 0.25) is 0 Å². The molecule has 1 aromatic carbocycles. The molecule has 1 aliphatic carbocycles. The van der Waals surface area contributed by atoms with Gasteiger partial charge < -0.3 is 10.1 Å². The first kappa shape index (κ1) is 16.0. The van der Waals surface area contributed by atoms with Crippen LogP contribution in [0.25, 0.3) is 0 Å². The first-order chi connectivity index (χ1) is 9.77. The van der Waals surface area contributed by atoms with Crippen molar-refractivity contribution in [1.29, 1.82) is 0 Å². The lowest BCUT2D eigenvalue weighted by Gasteiger charge is -2.09. The molecule has 0 saturated heterocycles.